The Morgan fingerprint density at radius 2 is 1.08 bits per heavy atom. The van der Waals surface area contributed by atoms with E-state index in [-0.39, 0.29) is 23.1 Å². The van der Waals surface area contributed by atoms with Crippen molar-refractivity contribution in [1.82, 2.24) is 0 Å². The van der Waals surface area contributed by atoms with Crippen molar-refractivity contribution >= 4 is 23.1 Å². The Kier molecular flexibility index (Phi) is 13.4. The van der Waals surface area contributed by atoms with E-state index in [1.807, 2.05) is 0 Å². The van der Waals surface area contributed by atoms with Gasteiger partial charge in [0.1, 0.15) is 0 Å². The molecule has 0 atom stereocenters. The first-order valence-electron chi connectivity index (χ1n) is 9.93. The molecule has 0 saturated carbocycles. The normalized spacial score (nSPS) is 10.6. The Balaban J connectivity index is 0.000000443. The Bertz CT molecular complexity index is 492. The fourth-order valence-corrected chi connectivity index (χ4v) is 3.18. The maximum atomic E-state index is 2.35. The monoisotopic (exact) mass is 350 g/mol. The van der Waals surface area contributed by atoms with Crippen molar-refractivity contribution in [1.29, 1.82) is 0 Å². The van der Waals surface area contributed by atoms with Crippen LogP contribution in [-0.2, 0) is 25.7 Å². The minimum absolute atomic E-state index is 0. The molecule has 0 spiro atoms. The summed E-state index contributed by atoms with van der Waals surface area (Å²) in [6.07, 6.45) is 7.43. The number of aryl methyl sites for hydroxylation is 2. The summed E-state index contributed by atoms with van der Waals surface area (Å²) in [5, 5.41) is 0. The van der Waals surface area contributed by atoms with Crippen LogP contribution in [0.4, 0.5) is 0 Å². The van der Waals surface area contributed by atoms with E-state index in [0.29, 0.717) is 0 Å². The molecule has 0 radical (unpaired) electrons. The zero-order valence-corrected chi connectivity index (χ0v) is 19.0. The third-order valence-corrected chi connectivity index (χ3v) is 4.13. The fourth-order valence-electron chi connectivity index (χ4n) is 3.18. The first-order chi connectivity index (χ1) is 11.4. The number of rotatable bonds is 8. The minimum Gasteiger partial charge on any atom is -0.210 e. The van der Waals surface area contributed by atoms with Crippen LogP contribution in [-0.4, -0.2) is 23.1 Å². The molecule has 0 unspecified atom stereocenters. The van der Waals surface area contributed by atoms with Gasteiger partial charge in [-0.2, -0.15) is 46.5 Å². The molecule has 0 aromatic heterocycles. The SMILES string of the molecule is CCCc1cc[c-](CC(C)C)c1.CCCc1cc[c-](CC(C)C)c1.[Mg+2]. The van der Waals surface area contributed by atoms with Crippen molar-refractivity contribution in [2.45, 2.75) is 80.1 Å². The van der Waals surface area contributed by atoms with Gasteiger partial charge in [0.25, 0.3) is 0 Å². The summed E-state index contributed by atoms with van der Waals surface area (Å²) >= 11 is 0. The maximum Gasteiger partial charge on any atom is 2.00 e. The first-order valence-corrected chi connectivity index (χ1v) is 9.93. The van der Waals surface area contributed by atoms with Gasteiger partial charge < -0.3 is 0 Å². The molecule has 2 rings (SSSR count). The second-order valence-corrected chi connectivity index (χ2v) is 7.95. The van der Waals surface area contributed by atoms with Crippen LogP contribution < -0.4 is 0 Å². The molecular weight excluding hydrogens is 313 g/mol. The van der Waals surface area contributed by atoms with Gasteiger partial charge in [-0.05, 0) is 0 Å². The molecule has 0 aliphatic carbocycles. The molecule has 0 aliphatic rings. The van der Waals surface area contributed by atoms with E-state index < -0.39 is 0 Å². The van der Waals surface area contributed by atoms with Gasteiger partial charge in [0.05, 0.1) is 0 Å². The topological polar surface area (TPSA) is 0 Å². The van der Waals surface area contributed by atoms with Crippen LogP contribution >= 0.6 is 0 Å². The Morgan fingerprint density at radius 3 is 1.36 bits per heavy atom. The molecule has 0 bridgehead atoms. The molecule has 0 nitrogen and oxygen atoms in total. The molecule has 0 amide bonds. The van der Waals surface area contributed by atoms with E-state index in [9.17, 15) is 0 Å². The average Bonchev–Trinajstić information content (AvgIpc) is 3.09. The smallest absolute Gasteiger partial charge is 0.210 e. The van der Waals surface area contributed by atoms with Crippen molar-refractivity contribution < 1.29 is 0 Å². The molecule has 0 fully saturated rings. The van der Waals surface area contributed by atoms with E-state index in [1.165, 1.54) is 60.8 Å². The zero-order chi connectivity index (χ0) is 17.9. The molecule has 0 saturated heterocycles. The van der Waals surface area contributed by atoms with E-state index in [0.717, 1.165) is 11.8 Å². The molecule has 25 heavy (non-hydrogen) atoms. The van der Waals surface area contributed by atoms with Gasteiger partial charge >= 0.3 is 23.1 Å². The summed E-state index contributed by atoms with van der Waals surface area (Å²) in [7, 11) is 0. The van der Waals surface area contributed by atoms with E-state index >= 15 is 0 Å². The summed E-state index contributed by atoms with van der Waals surface area (Å²) in [6.45, 7) is 13.5. The molecule has 0 N–H and O–H groups in total. The summed E-state index contributed by atoms with van der Waals surface area (Å²) in [6, 6.07) is 13.8. The molecular formula is C24H38Mg. The van der Waals surface area contributed by atoms with Crippen LogP contribution in [0, 0.1) is 11.8 Å². The maximum absolute atomic E-state index is 2.35. The van der Waals surface area contributed by atoms with Crippen LogP contribution in [0.1, 0.15) is 76.6 Å². The molecule has 136 valence electrons. The van der Waals surface area contributed by atoms with Crippen LogP contribution in [0.15, 0.2) is 36.4 Å². The quantitative estimate of drug-likeness (QED) is 0.365. The molecule has 1 heteroatoms. The van der Waals surface area contributed by atoms with Gasteiger partial charge in [-0.15, -0.1) is 0 Å². The zero-order valence-electron chi connectivity index (χ0n) is 17.6. The van der Waals surface area contributed by atoms with Gasteiger partial charge in [-0.3, -0.25) is 0 Å². The van der Waals surface area contributed by atoms with Crippen LogP contribution in [0.25, 0.3) is 0 Å². The van der Waals surface area contributed by atoms with Gasteiger partial charge in [-0.1, -0.05) is 91.9 Å². The first kappa shape index (κ1) is 24.5. The van der Waals surface area contributed by atoms with Gasteiger partial charge in [0, 0.05) is 0 Å². The second-order valence-electron chi connectivity index (χ2n) is 7.95. The van der Waals surface area contributed by atoms with Crippen molar-refractivity contribution in [3.8, 4) is 0 Å². The Morgan fingerprint density at radius 1 is 0.720 bits per heavy atom. The minimum atomic E-state index is 0. The largest absolute Gasteiger partial charge is 2.00 e. The summed E-state index contributed by atoms with van der Waals surface area (Å²) in [4.78, 5) is 0. The van der Waals surface area contributed by atoms with Gasteiger partial charge in [0.2, 0.25) is 0 Å². The Hall–Kier alpha value is -0.534. The van der Waals surface area contributed by atoms with Crippen molar-refractivity contribution in [2.75, 3.05) is 0 Å². The van der Waals surface area contributed by atoms with Crippen LogP contribution in [0.2, 0.25) is 0 Å². The van der Waals surface area contributed by atoms with Crippen LogP contribution in [0.5, 0.6) is 0 Å². The second kappa shape index (κ2) is 13.6. The predicted octanol–water partition coefficient (Wildman–Crippen LogP) is 6.73. The van der Waals surface area contributed by atoms with E-state index in [4.69, 9.17) is 0 Å². The number of hydrogen-bond acceptors (Lipinski definition) is 0. The van der Waals surface area contributed by atoms with E-state index in [1.54, 1.807) is 0 Å². The molecule has 0 heterocycles. The number of hydrogen-bond donors (Lipinski definition) is 0. The van der Waals surface area contributed by atoms with Gasteiger partial charge in [-0.25, -0.2) is 12.1 Å². The van der Waals surface area contributed by atoms with Crippen molar-refractivity contribution in [3.63, 3.8) is 0 Å². The average molecular weight is 351 g/mol. The third kappa shape index (κ3) is 10.9. The third-order valence-electron chi connectivity index (χ3n) is 4.13. The Labute approximate surface area is 173 Å². The predicted molar refractivity (Wildman–Crippen MR) is 115 cm³/mol. The standard InChI is InChI=1S/2C12H19.Mg/c2*1-4-5-11-6-7-12(9-11)8-10(2)3;/h2*6-7,9-10H,4-5,8H2,1-3H3;/q2*-1;+2. The summed E-state index contributed by atoms with van der Waals surface area (Å²) in [5.74, 6) is 1.56. The van der Waals surface area contributed by atoms with Gasteiger partial charge in [0.15, 0.2) is 0 Å². The molecule has 2 aromatic rings. The van der Waals surface area contributed by atoms with Crippen molar-refractivity contribution in [2.24, 2.45) is 11.8 Å². The fraction of sp³-hybridized carbons (Fsp3) is 0.583. The summed E-state index contributed by atoms with van der Waals surface area (Å²) in [5.41, 5.74) is 6.03. The van der Waals surface area contributed by atoms with E-state index in [2.05, 4.69) is 77.9 Å². The van der Waals surface area contributed by atoms with Crippen LogP contribution in [0.3, 0.4) is 0 Å². The summed E-state index contributed by atoms with van der Waals surface area (Å²) < 4.78 is 0. The van der Waals surface area contributed by atoms with Crippen molar-refractivity contribution in [3.05, 3.63) is 58.7 Å². The molecule has 2 aromatic carbocycles. The molecule has 0 aliphatic heterocycles.